The molecule has 0 saturated carbocycles. The van der Waals surface area contributed by atoms with Crippen molar-refractivity contribution in [2.45, 2.75) is 46.8 Å². The zero-order valence-electron chi connectivity index (χ0n) is 10.9. The van der Waals surface area contributed by atoms with Gasteiger partial charge >= 0.3 is 0 Å². The largest absolute Gasteiger partial charge is 0.369 e. The Labute approximate surface area is 106 Å². The fourth-order valence-corrected chi connectivity index (χ4v) is 2.36. The number of hydrogen-bond acceptors (Lipinski definition) is 4. The van der Waals surface area contributed by atoms with Crippen LogP contribution in [-0.2, 0) is 22.5 Å². The summed E-state index contributed by atoms with van der Waals surface area (Å²) >= 11 is 1.64. The molecule has 0 aliphatic rings. The maximum Gasteiger partial charge on any atom is 0.246 e. The van der Waals surface area contributed by atoms with Crippen molar-refractivity contribution < 1.29 is 9.53 Å². The van der Waals surface area contributed by atoms with Gasteiger partial charge in [0.05, 0.1) is 23.4 Å². The molecule has 1 aromatic heterocycles. The number of nitrogens with one attached hydrogen (secondary N) is 1. The van der Waals surface area contributed by atoms with Crippen LogP contribution in [0.1, 0.15) is 36.3 Å². The number of thiazole rings is 1. The van der Waals surface area contributed by atoms with Crippen LogP contribution in [-0.4, -0.2) is 23.6 Å². The van der Waals surface area contributed by atoms with Crippen LogP contribution >= 0.6 is 11.3 Å². The van der Waals surface area contributed by atoms with Gasteiger partial charge < -0.3 is 10.1 Å². The van der Waals surface area contributed by atoms with Gasteiger partial charge in [-0.15, -0.1) is 11.3 Å². The zero-order valence-corrected chi connectivity index (χ0v) is 11.7. The van der Waals surface area contributed by atoms with E-state index in [1.807, 2.05) is 20.8 Å². The van der Waals surface area contributed by atoms with Crippen molar-refractivity contribution in [1.29, 1.82) is 0 Å². The summed E-state index contributed by atoms with van der Waals surface area (Å²) in [6.07, 6.45) is 0.982. The van der Waals surface area contributed by atoms with Gasteiger partial charge in [0.25, 0.3) is 0 Å². The lowest BCUT2D eigenvalue weighted by molar-refractivity contribution is -0.127. The van der Waals surface area contributed by atoms with Crippen LogP contribution in [0.15, 0.2) is 0 Å². The first-order valence-electron chi connectivity index (χ1n) is 5.86. The maximum atomic E-state index is 11.5. The third-order valence-electron chi connectivity index (χ3n) is 2.21. The van der Waals surface area contributed by atoms with Gasteiger partial charge in [0.1, 0.15) is 6.61 Å². The van der Waals surface area contributed by atoms with E-state index in [0.717, 1.165) is 22.0 Å². The van der Waals surface area contributed by atoms with Gasteiger partial charge in [0.2, 0.25) is 5.91 Å². The van der Waals surface area contributed by atoms with Gasteiger partial charge in [-0.05, 0) is 27.2 Å². The van der Waals surface area contributed by atoms with Crippen molar-refractivity contribution in [2.75, 3.05) is 6.61 Å². The Kier molecular flexibility index (Phi) is 5.58. The fraction of sp³-hybridized carbons (Fsp3) is 0.667. The lowest BCUT2D eigenvalue weighted by Gasteiger charge is -2.08. The SMILES string of the molecule is CCc1nc(C)sc1CNC(=O)COC(C)C. The number of hydrogen-bond donors (Lipinski definition) is 1. The Bertz CT molecular complexity index is 375. The van der Waals surface area contributed by atoms with E-state index < -0.39 is 0 Å². The molecule has 1 heterocycles. The third-order valence-corrected chi connectivity index (χ3v) is 3.23. The van der Waals surface area contributed by atoms with Gasteiger partial charge in [0, 0.05) is 4.88 Å². The van der Waals surface area contributed by atoms with Crippen LogP contribution in [0.3, 0.4) is 0 Å². The summed E-state index contributed by atoms with van der Waals surface area (Å²) < 4.78 is 5.23. The first-order valence-corrected chi connectivity index (χ1v) is 6.68. The minimum Gasteiger partial charge on any atom is -0.369 e. The smallest absolute Gasteiger partial charge is 0.246 e. The number of rotatable bonds is 6. The second-order valence-electron chi connectivity index (χ2n) is 4.09. The van der Waals surface area contributed by atoms with Gasteiger partial charge in [-0.2, -0.15) is 0 Å². The van der Waals surface area contributed by atoms with E-state index in [1.165, 1.54) is 0 Å². The van der Waals surface area contributed by atoms with Crippen molar-refractivity contribution >= 4 is 17.2 Å². The highest BCUT2D eigenvalue weighted by molar-refractivity contribution is 7.11. The lowest BCUT2D eigenvalue weighted by Crippen LogP contribution is -2.28. The molecule has 0 atom stereocenters. The molecular weight excluding hydrogens is 236 g/mol. The lowest BCUT2D eigenvalue weighted by atomic mass is 10.3. The summed E-state index contributed by atoms with van der Waals surface area (Å²) in [7, 11) is 0. The average molecular weight is 256 g/mol. The minimum absolute atomic E-state index is 0.0770. The predicted octanol–water partition coefficient (Wildman–Crippen LogP) is 2.06. The molecule has 0 aliphatic carbocycles. The van der Waals surface area contributed by atoms with E-state index in [9.17, 15) is 4.79 Å². The molecule has 5 heteroatoms. The molecule has 1 aromatic rings. The quantitative estimate of drug-likeness (QED) is 0.847. The monoisotopic (exact) mass is 256 g/mol. The number of amides is 1. The van der Waals surface area contributed by atoms with Gasteiger partial charge in [-0.1, -0.05) is 6.92 Å². The van der Waals surface area contributed by atoms with Gasteiger partial charge in [-0.3, -0.25) is 4.79 Å². The average Bonchev–Trinajstić information content (AvgIpc) is 2.64. The van der Waals surface area contributed by atoms with E-state index in [-0.39, 0.29) is 18.6 Å². The molecule has 17 heavy (non-hydrogen) atoms. The van der Waals surface area contributed by atoms with Crippen LogP contribution in [0.4, 0.5) is 0 Å². The molecule has 4 nitrogen and oxygen atoms in total. The number of ether oxygens (including phenoxy) is 1. The summed E-state index contributed by atoms with van der Waals surface area (Å²) in [6, 6.07) is 0. The van der Waals surface area contributed by atoms with Crippen molar-refractivity contribution in [3.63, 3.8) is 0 Å². The molecule has 0 aromatic carbocycles. The van der Waals surface area contributed by atoms with Crippen molar-refractivity contribution in [2.24, 2.45) is 0 Å². The Morgan fingerprint density at radius 1 is 1.53 bits per heavy atom. The van der Waals surface area contributed by atoms with Crippen LogP contribution in [0.25, 0.3) is 0 Å². The molecule has 0 saturated heterocycles. The highest BCUT2D eigenvalue weighted by Gasteiger charge is 2.09. The predicted molar refractivity (Wildman–Crippen MR) is 69.2 cm³/mol. The second kappa shape index (κ2) is 6.71. The topological polar surface area (TPSA) is 51.2 Å². The molecule has 0 aliphatic heterocycles. The normalized spacial score (nSPS) is 10.9. The van der Waals surface area contributed by atoms with E-state index in [4.69, 9.17) is 4.74 Å². The molecule has 0 bridgehead atoms. The molecule has 1 rings (SSSR count). The molecular formula is C12H20N2O2S. The van der Waals surface area contributed by atoms with E-state index >= 15 is 0 Å². The Balaban J connectivity index is 2.41. The molecule has 0 unspecified atom stereocenters. The van der Waals surface area contributed by atoms with Crippen LogP contribution < -0.4 is 5.32 Å². The van der Waals surface area contributed by atoms with Gasteiger partial charge in [0.15, 0.2) is 0 Å². The molecule has 0 radical (unpaired) electrons. The number of aromatic nitrogens is 1. The summed E-state index contributed by atoms with van der Waals surface area (Å²) in [5, 5.41) is 3.89. The van der Waals surface area contributed by atoms with Gasteiger partial charge in [-0.25, -0.2) is 4.98 Å². The summed E-state index contributed by atoms with van der Waals surface area (Å²) in [6.45, 7) is 8.55. The maximum absolute atomic E-state index is 11.5. The highest BCUT2D eigenvalue weighted by Crippen LogP contribution is 2.18. The summed E-state index contributed by atoms with van der Waals surface area (Å²) in [5.74, 6) is -0.0770. The minimum atomic E-state index is -0.0770. The van der Waals surface area contributed by atoms with E-state index in [1.54, 1.807) is 11.3 Å². The highest BCUT2D eigenvalue weighted by atomic mass is 32.1. The zero-order chi connectivity index (χ0) is 12.8. The van der Waals surface area contributed by atoms with Crippen molar-refractivity contribution in [3.8, 4) is 0 Å². The fourth-order valence-electron chi connectivity index (χ4n) is 1.40. The number of nitrogens with zero attached hydrogens (tertiary/aromatic N) is 1. The van der Waals surface area contributed by atoms with E-state index in [0.29, 0.717) is 6.54 Å². The summed E-state index contributed by atoms with van der Waals surface area (Å²) in [4.78, 5) is 17.0. The Morgan fingerprint density at radius 2 is 2.24 bits per heavy atom. The number of aryl methyl sites for hydroxylation is 2. The van der Waals surface area contributed by atoms with Crippen molar-refractivity contribution in [3.05, 3.63) is 15.6 Å². The number of carbonyl (C=O) groups is 1. The Morgan fingerprint density at radius 3 is 2.82 bits per heavy atom. The van der Waals surface area contributed by atoms with Crippen LogP contribution in [0.5, 0.6) is 0 Å². The molecule has 1 N–H and O–H groups in total. The van der Waals surface area contributed by atoms with Crippen molar-refractivity contribution in [1.82, 2.24) is 10.3 Å². The summed E-state index contributed by atoms with van der Waals surface area (Å²) in [5.41, 5.74) is 1.08. The molecule has 96 valence electrons. The molecule has 0 fully saturated rings. The second-order valence-corrected chi connectivity index (χ2v) is 5.38. The molecule has 1 amide bonds. The van der Waals surface area contributed by atoms with Crippen LogP contribution in [0, 0.1) is 6.92 Å². The Hall–Kier alpha value is -0.940. The first-order chi connectivity index (χ1) is 8.02. The molecule has 0 spiro atoms. The number of carbonyl (C=O) groups excluding carboxylic acids is 1. The van der Waals surface area contributed by atoms with Crippen LogP contribution in [0.2, 0.25) is 0 Å². The first kappa shape index (κ1) is 14.1. The third kappa shape index (κ3) is 4.83. The standard InChI is InChI=1S/C12H20N2O2S/c1-5-10-11(17-9(4)14-10)6-13-12(15)7-16-8(2)3/h8H,5-7H2,1-4H3,(H,13,15). The van der Waals surface area contributed by atoms with E-state index in [2.05, 4.69) is 17.2 Å².